The van der Waals surface area contributed by atoms with Crippen LogP contribution in [0.2, 0.25) is 0 Å². The molecule has 0 bridgehead atoms. The Hall–Kier alpha value is -6.97. The molecule has 0 radical (unpaired) electrons. The molecule has 1 aliphatic rings. The van der Waals surface area contributed by atoms with E-state index in [0.29, 0.717) is 0 Å². The SMILES string of the molecule is C=C(/C=C\C=C/C)C1(c2ccccc2)c2ccccc2-c2cc3c(cc21)c(-c1cccc(-c2ccc4ccc5cccnc5c4n2)c1)nc1ccccc13. The van der Waals surface area contributed by atoms with Crippen molar-refractivity contribution in [2.75, 3.05) is 0 Å². The molecule has 6 aromatic carbocycles. The molecule has 0 N–H and O–H groups in total. The molecule has 0 saturated carbocycles. The summed E-state index contributed by atoms with van der Waals surface area (Å²) < 4.78 is 0. The molecule has 3 heteroatoms. The molecule has 254 valence electrons. The molecule has 9 aromatic rings. The Bertz CT molecular complexity index is 3030. The fourth-order valence-electron chi connectivity index (χ4n) is 8.59. The van der Waals surface area contributed by atoms with Crippen LogP contribution in [0.25, 0.3) is 77.1 Å². The molecule has 1 atom stereocenters. The van der Waals surface area contributed by atoms with Gasteiger partial charge in [0.05, 0.1) is 33.4 Å². The molecular formula is C51H35N3. The molecular weight excluding hydrogens is 655 g/mol. The van der Waals surface area contributed by atoms with Crippen LogP contribution in [0.4, 0.5) is 0 Å². The lowest BCUT2D eigenvalue weighted by Crippen LogP contribution is -2.28. The molecule has 1 unspecified atom stereocenters. The van der Waals surface area contributed by atoms with E-state index in [4.69, 9.17) is 21.5 Å². The average Bonchev–Trinajstić information content (AvgIpc) is 3.53. The lowest BCUT2D eigenvalue weighted by Gasteiger charge is -2.34. The van der Waals surface area contributed by atoms with Gasteiger partial charge in [-0.2, -0.15) is 0 Å². The van der Waals surface area contributed by atoms with Gasteiger partial charge in [0.1, 0.15) is 0 Å². The number of aromatic nitrogens is 3. The number of fused-ring (bicyclic) bond motifs is 9. The van der Waals surface area contributed by atoms with Crippen LogP contribution in [0, 0.1) is 0 Å². The predicted molar refractivity (Wildman–Crippen MR) is 226 cm³/mol. The van der Waals surface area contributed by atoms with Gasteiger partial charge in [0.2, 0.25) is 0 Å². The van der Waals surface area contributed by atoms with E-state index < -0.39 is 5.41 Å². The quantitative estimate of drug-likeness (QED) is 0.129. The first kappa shape index (κ1) is 31.7. The summed E-state index contributed by atoms with van der Waals surface area (Å²) in [6, 6.07) is 54.1. The number of para-hydroxylation sites is 1. The Balaban J connectivity index is 1.24. The Morgan fingerprint density at radius 2 is 1.35 bits per heavy atom. The molecule has 3 nitrogen and oxygen atoms in total. The van der Waals surface area contributed by atoms with Crippen molar-refractivity contribution in [1.29, 1.82) is 0 Å². The number of allylic oxidation sites excluding steroid dienone is 5. The minimum absolute atomic E-state index is 0.601. The van der Waals surface area contributed by atoms with Gasteiger partial charge in [-0.25, -0.2) is 9.97 Å². The van der Waals surface area contributed by atoms with Crippen LogP contribution in [0.3, 0.4) is 0 Å². The largest absolute Gasteiger partial charge is 0.254 e. The molecule has 54 heavy (non-hydrogen) atoms. The maximum atomic E-state index is 5.42. The minimum Gasteiger partial charge on any atom is -0.254 e. The van der Waals surface area contributed by atoms with Crippen molar-refractivity contribution in [2.24, 2.45) is 0 Å². The van der Waals surface area contributed by atoms with E-state index in [0.717, 1.165) is 66.2 Å². The van der Waals surface area contributed by atoms with Crippen molar-refractivity contribution in [3.05, 3.63) is 211 Å². The fourth-order valence-corrected chi connectivity index (χ4v) is 8.59. The lowest BCUT2D eigenvalue weighted by atomic mass is 9.67. The highest BCUT2D eigenvalue weighted by Crippen LogP contribution is 2.57. The van der Waals surface area contributed by atoms with Gasteiger partial charge in [0.15, 0.2) is 0 Å². The minimum atomic E-state index is -0.601. The van der Waals surface area contributed by atoms with Crippen molar-refractivity contribution >= 4 is 43.5 Å². The van der Waals surface area contributed by atoms with Crippen LogP contribution in [0.15, 0.2) is 194 Å². The van der Waals surface area contributed by atoms with Crippen LogP contribution in [0.5, 0.6) is 0 Å². The van der Waals surface area contributed by atoms with E-state index in [-0.39, 0.29) is 0 Å². The van der Waals surface area contributed by atoms with Crippen molar-refractivity contribution in [2.45, 2.75) is 12.3 Å². The first-order chi connectivity index (χ1) is 26.6. The highest BCUT2D eigenvalue weighted by atomic mass is 14.8. The normalized spacial score (nSPS) is 15.1. The number of rotatable bonds is 6. The third-order valence-electron chi connectivity index (χ3n) is 11.0. The van der Waals surface area contributed by atoms with Gasteiger partial charge in [0.25, 0.3) is 0 Å². The lowest BCUT2D eigenvalue weighted by molar-refractivity contribution is 0.771. The molecule has 0 saturated heterocycles. The van der Waals surface area contributed by atoms with Crippen molar-refractivity contribution in [3.63, 3.8) is 0 Å². The number of pyridine rings is 3. The second-order valence-corrected chi connectivity index (χ2v) is 14.0. The number of hydrogen-bond donors (Lipinski definition) is 0. The van der Waals surface area contributed by atoms with E-state index in [1.54, 1.807) is 0 Å². The van der Waals surface area contributed by atoms with E-state index in [1.807, 2.05) is 25.3 Å². The standard InChI is InChI=1S/C51H35N3/c1-3-4-6-15-33(2)51(38-19-7-5-8-20-38)44-23-11-9-21-39(44)42-31-41-40-22-10-12-24-47(40)54-48(43(41)32-45(42)51)37-17-13-16-36(30-37)46-28-27-35-26-25-34-18-14-29-52-49(34)50(35)53-46/h3-32H,2H2,1H3/b4-3-,15-6-. The summed E-state index contributed by atoms with van der Waals surface area (Å²) in [5, 5.41) is 5.56. The van der Waals surface area contributed by atoms with Gasteiger partial charge in [-0.15, -0.1) is 0 Å². The number of hydrogen-bond acceptors (Lipinski definition) is 3. The van der Waals surface area contributed by atoms with Gasteiger partial charge in [-0.1, -0.05) is 146 Å². The summed E-state index contributed by atoms with van der Waals surface area (Å²) in [5.74, 6) is 0. The second kappa shape index (κ2) is 12.6. The molecule has 10 rings (SSSR count). The molecule has 3 heterocycles. The van der Waals surface area contributed by atoms with Gasteiger partial charge in [0, 0.05) is 38.9 Å². The van der Waals surface area contributed by atoms with Gasteiger partial charge < -0.3 is 0 Å². The third-order valence-corrected chi connectivity index (χ3v) is 11.0. The summed E-state index contributed by atoms with van der Waals surface area (Å²) in [7, 11) is 0. The van der Waals surface area contributed by atoms with Gasteiger partial charge in [-0.05, 0) is 82.1 Å². The first-order valence-corrected chi connectivity index (χ1v) is 18.4. The third kappa shape index (κ3) is 4.79. The summed E-state index contributed by atoms with van der Waals surface area (Å²) in [5.41, 5.74) is 13.2. The Morgan fingerprint density at radius 3 is 2.24 bits per heavy atom. The smallest absolute Gasteiger partial charge is 0.0972 e. The average molecular weight is 690 g/mol. The molecule has 0 aliphatic heterocycles. The maximum absolute atomic E-state index is 5.42. The molecule has 0 fully saturated rings. The molecule has 1 aliphatic carbocycles. The van der Waals surface area contributed by atoms with Crippen LogP contribution in [-0.4, -0.2) is 15.0 Å². The van der Waals surface area contributed by atoms with E-state index >= 15 is 0 Å². The summed E-state index contributed by atoms with van der Waals surface area (Å²) in [6.07, 6.45) is 10.2. The van der Waals surface area contributed by atoms with Gasteiger partial charge in [-0.3, -0.25) is 4.98 Å². The predicted octanol–water partition coefficient (Wildman–Crippen LogP) is 12.8. The number of nitrogens with zero attached hydrogens (tertiary/aromatic N) is 3. The zero-order valence-corrected chi connectivity index (χ0v) is 29.9. The zero-order valence-electron chi connectivity index (χ0n) is 29.9. The van der Waals surface area contributed by atoms with Gasteiger partial charge >= 0.3 is 0 Å². The summed E-state index contributed by atoms with van der Waals surface area (Å²) in [6.45, 7) is 6.84. The van der Waals surface area contributed by atoms with Crippen molar-refractivity contribution in [1.82, 2.24) is 15.0 Å². The topological polar surface area (TPSA) is 38.7 Å². The Morgan fingerprint density at radius 1 is 0.574 bits per heavy atom. The van der Waals surface area contributed by atoms with Crippen LogP contribution in [-0.2, 0) is 5.41 Å². The zero-order chi connectivity index (χ0) is 36.2. The number of benzene rings is 6. The van der Waals surface area contributed by atoms with E-state index in [9.17, 15) is 0 Å². The molecule has 3 aromatic heterocycles. The second-order valence-electron chi connectivity index (χ2n) is 14.0. The molecule has 0 spiro atoms. The molecule has 0 amide bonds. The van der Waals surface area contributed by atoms with Crippen LogP contribution >= 0.6 is 0 Å². The van der Waals surface area contributed by atoms with E-state index in [2.05, 4.69) is 164 Å². The van der Waals surface area contributed by atoms with Crippen LogP contribution in [0.1, 0.15) is 23.6 Å². The summed E-state index contributed by atoms with van der Waals surface area (Å²) in [4.78, 5) is 15.3. The highest BCUT2D eigenvalue weighted by Gasteiger charge is 2.46. The maximum Gasteiger partial charge on any atom is 0.0972 e. The van der Waals surface area contributed by atoms with Crippen molar-refractivity contribution < 1.29 is 0 Å². The summed E-state index contributed by atoms with van der Waals surface area (Å²) >= 11 is 0. The first-order valence-electron chi connectivity index (χ1n) is 18.4. The van der Waals surface area contributed by atoms with E-state index in [1.165, 1.54) is 33.2 Å². The Kier molecular flexibility index (Phi) is 7.41. The highest BCUT2D eigenvalue weighted by molar-refractivity contribution is 6.14. The monoisotopic (exact) mass is 689 g/mol. The Labute approximate surface area is 314 Å². The fraction of sp³-hybridized carbons (Fsp3) is 0.0392. The van der Waals surface area contributed by atoms with Crippen LogP contribution < -0.4 is 0 Å². The van der Waals surface area contributed by atoms with Crippen molar-refractivity contribution in [3.8, 4) is 33.6 Å².